The average molecular weight is 219 g/mol. The molecule has 2 atom stereocenters. The van der Waals surface area contributed by atoms with E-state index in [1.165, 1.54) is 17.5 Å². The summed E-state index contributed by atoms with van der Waals surface area (Å²) < 4.78 is 0. The lowest BCUT2D eigenvalue weighted by Crippen LogP contribution is -2.32. The molecule has 0 spiro atoms. The van der Waals surface area contributed by atoms with Gasteiger partial charge in [-0.25, -0.2) is 0 Å². The first-order chi connectivity index (χ1) is 7.72. The number of nitrogens with zero attached hydrogens (tertiary/aromatic N) is 2. The maximum Gasteiger partial charge on any atom is 0.0488 e. The molecule has 0 saturated carbocycles. The number of aryl methyl sites for hydroxylation is 1. The fourth-order valence-electron chi connectivity index (χ4n) is 2.55. The first kappa shape index (κ1) is 11.6. The van der Waals surface area contributed by atoms with Gasteiger partial charge in [0.1, 0.15) is 0 Å². The first-order valence-corrected chi connectivity index (χ1v) is 6.07. The summed E-state index contributed by atoms with van der Waals surface area (Å²) >= 11 is 0. The van der Waals surface area contributed by atoms with Crippen molar-refractivity contribution in [2.24, 2.45) is 11.7 Å². The van der Waals surface area contributed by atoms with Crippen molar-refractivity contribution in [2.75, 3.05) is 19.6 Å². The zero-order valence-electron chi connectivity index (χ0n) is 10.2. The maximum absolute atomic E-state index is 5.93. The van der Waals surface area contributed by atoms with Crippen LogP contribution in [-0.2, 0) is 0 Å². The molecule has 88 valence electrons. The van der Waals surface area contributed by atoms with Gasteiger partial charge in [0.05, 0.1) is 0 Å². The van der Waals surface area contributed by atoms with Gasteiger partial charge in [0.2, 0.25) is 0 Å². The summed E-state index contributed by atoms with van der Waals surface area (Å²) in [5.74, 6) is 0.797. The highest BCUT2D eigenvalue weighted by atomic mass is 15.2. The quantitative estimate of drug-likeness (QED) is 0.842. The molecule has 3 nitrogen and oxygen atoms in total. The summed E-state index contributed by atoms with van der Waals surface area (Å²) in [6, 6.07) is 2.41. The molecular formula is C13H21N3. The molecule has 1 aromatic heterocycles. The van der Waals surface area contributed by atoms with E-state index in [0.29, 0.717) is 12.6 Å². The minimum atomic E-state index is 0.346. The molecule has 0 bridgehead atoms. The van der Waals surface area contributed by atoms with Crippen LogP contribution < -0.4 is 5.73 Å². The normalized spacial score (nSPS) is 23.6. The minimum Gasteiger partial charge on any atom is -0.329 e. The van der Waals surface area contributed by atoms with E-state index < -0.39 is 0 Å². The minimum absolute atomic E-state index is 0.346. The molecular weight excluding hydrogens is 198 g/mol. The van der Waals surface area contributed by atoms with Gasteiger partial charge in [0, 0.05) is 31.5 Å². The summed E-state index contributed by atoms with van der Waals surface area (Å²) in [7, 11) is 0. The second-order valence-electron chi connectivity index (χ2n) is 4.87. The second-order valence-corrected chi connectivity index (χ2v) is 4.87. The van der Waals surface area contributed by atoms with Crippen LogP contribution in [-0.4, -0.2) is 29.5 Å². The summed E-state index contributed by atoms with van der Waals surface area (Å²) in [5, 5.41) is 0. The molecule has 2 unspecified atom stereocenters. The van der Waals surface area contributed by atoms with Gasteiger partial charge >= 0.3 is 0 Å². The number of likely N-dealkylation sites (tertiary alicyclic amines) is 1. The van der Waals surface area contributed by atoms with Gasteiger partial charge in [0.25, 0.3) is 0 Å². The van der Waals surface area contributed by atoms with Crippen molar-refractivity contribution in [1.29, 1.82) is 0 Å². The van der Waals surface area contributed by atoms with E-state index in [4.69, 9.17) is 5.73 Å². The lowest BCUT2D eigenvalue weighted by Gasteiger charge is -2.27. The number of pyridine rings is 1. The SMILES string of the molecule is Cc1ccncc1C(CN)N1CCC(C)C1. The molecule has 1 fully saturated rings. The lowest BCUT2D eigenvalue weighted by molar-refractivity contribution is 0.242. The molecule has 1 aromatic rings. The number of nitrogens with two attached hydrogens (primary N) is 1. The first-order valence-electron chi connectivity index (χ1n) is 6.07. The Labute approximate surface area is 97.7 Å². The number of rotatable bonds is 3. The Kier molecular flexibility index (Phi) is 3.56. The molecule has 0 amide bonds. The molecule has 16 heavy (non-hydrogen) atoms. The molecule has 0 radical (unpaired) electrons. The van der Waals surface area contributed by atoms with E-state index in [-0.39, 0.29) is 0 Å². The Balaban J connectivity index is 2.19. The van der Waals surface area contributed by atoms with Crippen LogP contribution in [0.15, 0.2) is 18.5 Å². The molecule has 1 aliphatic rings. The van der Waals surface area contributed by atoms with E-state index in [2.05, 4.69) is 29.8 Å². The lowest BCUT2D eigenvalue weighted by atomic mass is 10.0. The van der Waals surface area contributed by atoms with Gasteiger partial charge in [-0.3, -0.25) is 9.88 Å². The topological polar surface area (TPSA) is 42.1 Å². The van der Waals surface area contributed by atoms with Crippen LogP contribution >= 0.6 is 0 Å². The van der Waals surface area contributed by atoms with E-state index in [1.807, 2.05) is 12.4 Å². The van der Waals surface area contributed by atoms with E-state index in [9.17, 15) is 0 Å². The van der Waals surface area contributed by atoms with E-state index in [1.54, 1.807) is 0 Å². The second kappa shape index (κ2) is 4.93. The van der Waals surface area contributed by atoms with E-state index >= 15 is 0 Å². The average Bonchev–Trinajstić information content (AvgIpc) is 2.69. The zero-order chi connectivity index (χ0) is 11.5. The van der Waals surface area contributed by atoms with Gasteiger partial charge in [-0.2, -0.15) is 0 Å². The maximum atomic E-state index is 5.93. The summed E-state index contributed by atoms with van der Waals surface area (Å²) in [5.41, 5.74) is 8.52. The third kappa shape index (κ3) is 2.25. The van der Waals surface area contributed by atoms with Crippen molar-refractivity contribution in [2.45, 2.75) is 26.3 Å². The Bertz CT molecular complexity index is 351. The Hall–Kier alpha value is -0.930. The van der Waals surface area contributed by atoms with Gasteiger partial charge in [-0.15, -0.1) is 0 Å². The van der Waals surface area contributed by atoms with Crippen LogP contribution in [0, 0.1) is 12.8 Å². The van der Waals surface area contributed by atoms with E-state index in [0.717, 1.165) is 19.0 Å². The highest BCUT2D eigenvalue weighted by Crippen LogP contribution is 2.27. The van der Waals surface area contributed by atoms with Crippen molar-refractivity contribution in [3.05, 3.63) is 29.6 Å². The fraction of sp³-hybridized carbons (Fsp3) is 0.615. The monoisotopic (exact) mass is 219 g/mol. The third-order valence-electron chi connectivity index (χ3n) is 3.56. The Morgan fingerprint density at radius 1 is 1.62 bits per heavy atom. The van der Waals surface area contributed by atoms with Crippen LogP contribution in [0.25, 0.3) is 0 Å². The van der Waals surface area contributed by atoms with Crippen molar-refractivity contribution in [3.8, 4) is 0 Å². The molecule has 2 rings (SSSR count). The van der Waals surface area contributed by atoms with Crippen molar-refractivity contribution in [1.82, 2.24) is 9.88 Å². The smallest absolute Gasteiger partial charge is 0.0488 e. The summed E-state index contributed by atoms with van der Waals surface area (Å²) in [6.07, 6.45) is 5.10. The van der Waals surface area contributed by atoms with Crippen molar-refractivity contribution in [3.63, 3.8) is 0 Å². The van der Waals surface area contributed by atoms with Crippen molar-refractivity contribution >= 4 is 0 Å². The highest BCUT2D eigenvalue weighted by Gasteiger charge is 2.26. The number of hydrogen-bond acceptors (Lipinski definition) is 3. The molecule has 0 aliphatic carbocycles. The van der Waals surface area contributed by atoms with Crippen LogP contribution in [0.5, 0.6) is 0 Å². The summed E-state index contributed by atoms with van der Waals surface area (Å²) in [4.78, 5) is 6.72. The predicted octanol–water partition coefficient (Wildman–Crippen LogP) is 1.73. The Morgan fingerprint density at radius 2 is 2.44 bits per heavy atom. The molecule has 0 aromatic carbocycles. The zero-order valence-corrected chi connectivity index (χ0v) is 10.2. The molecule has 2 heterocycles. The molecule has 2 N–H and O–H groups in total. The Morgan fingerprint density at radius 3 is 3.00 bits per heavy atom. The van der Waals surface area contributed by atoms with Gasteiger partial charge < -0.3 is 5.73 Å². The van der Waals surface area contributed by atoms with Crippen LogP contribution in [0.3, 0.4) is 0 Å². The van der Waals surface area contributed by atoms with Gasteiger partial charge in [-0.1, -0.05) is 6.92 Å². The number of hydrogen-bond donors (Lipinski definition) is 1. The summed E-state index contributed by atoms with van der Waals surface area (Å²) in [6.45, 7) is 7.45. The van der Waals surface area contributed by atoms with Gasteiger partial charge in [0.15, 0.2) is 0 Å². The third-order valence-corrected chi connectivity index (χ3v) is 3.56. The number of aromatic nitrogens is 1. The largest absolute Gasteiger partial charge is 0.329 e. The molecule has 3 heteroatoms. The van der Waals surface area contributed by atoms with Crippen molar-refractivity contribution < 1.29 is 0 Å². The fourth-order valence-corrected chi connectivity index (χ4v) is 2.55. The predicted molar refractivity (Wildman–Crippen MR) is 66.1 cm³/mol. The van der Waals surface area contributed by atoms with Crippen LogP contribution in [0.4, 0.5) is 0 Å². The van der Waals surface area contributed by atoms with Crippen LogP contribution in [0.1, 0.15) is 30.5 Å². The van der Waals surface area contributed by atoms with Crippen LogP contribution in [0.2, 0.25) is 0 Å². The molecule has 1 aliphatic heterocycles. The highest BCUT2D eigenvalue weighted by molar-refractivity contribution is 5.25. The standard InChI is InChI=1S/C13H21N3/c1-10-4-6-16(9-10)13(7-14)12-8-15-5-3-11(12)2/h3,5,8,10,13H,4,6-7,9,14H2,1-2H3. The van der Waals surface area contributed by atoms with Gasteiger partial charge in [-0.05, 0) is 43.0 Å². The molecule has 1 saturated heterocycles.